The van der Waals surface area contributed by atoms with Crippen molar-refractivity contribution in [3.63, 3.8) is 0 Å². The van der Waals surface area contributed by atoms with Crippen LogP contribution in [0.2, 0.25) is 0 Å². The van der Waals surface area contributed by atoms with E-state index >= 15 is 0 Å². The van der Waals surface area contributed by atoms with Crippen molar-refractivity contribution in [1.82, 2.24) is 20.1 Å². The predicted octanol–water partition coefficient (Wildman–Crippen LogP) is 0.332. The molecule has 1 saturated heterocycles. The van der Waals surface area contributed by atoms with Crippen LogP contribution >= 0.6 is 11.3 Å². The Kier molecular flexibility index (Phi) is 6.56. The zero-order chi connectivity index (χ0) is 15.1. The largest absolute Gasteiger partial charge is 0.383 e. The van der Waals surface area contributed by atoms with Gasteiger partial charge >= 0.3 is 0 Å². The molecule has 2 rings (SSSR count). The van der Waals surface area contributed by atoms with Crippen molar-refractivity contribution in [2.24, 2.45) is 0 Å². The standard InChI is InChI=1S/C14H24N4O2S/c1-12-16-13(11-21-12)10-17-4-6-18(7-5-17)14(19)9-15-3-8-20-2/h11,15H,3-10H2,1-2H3. The molecule has 0 saturated carbocycles. The molecule has 1 fully saturated rings. The van der Waals surface area contributed by atoms with Crippen LogP contribution in [0.5, 0.6) is 0 Å². The van der Waals surface area contributed by atoms with Crippen LogP contribution in [0.15, 0.2) is 5.38 Å². The first kappa shape index (κ1) is 16.4. The number of carbonyl (C=O) groups excluding carboxylic acids is 1. The van der Waals surface area contributed by atoms with Crippen molar-refractivity contribution in [1.29, 1.82) is 0 Å². The van der Waals surface area contributed by atoms with E-state index in [2.05, 4.69) is 20.6 Å². The van der Waals surface area contributed by atoms with Crippen molar-refractivity contribution in [2.45, 2.75) is 13.5 Å². The van der Waals surface area contributed by atoms with Crippen LogP contribution in [0.25, 0.3) is 0 Å². The molecule has 0 aromatic carbocycles. The maximum atomic E-state index is 12.0. The topological polar surface area (TPSA) is 57.7 Å². The van der Waals surface area contributed by atoms with Crippen molar-refractivity contribution in [3.8, 4) is 0 Å². The smallest absolute Gasteiger partial charge is 0.236 e. The Hall–Kier alpha value is -1.02. The Bertz CT molecular complexity index is 444. The number of aryl methyl sites for hydroxylation is 1. The highest BCUT2D eigenvalue weighted by atomic mass is 32.1. The van der Waals surface area contributed by atoms with Crippen molar-refractivity contribution in [3.05, 3.63) is 16.1 Å². The molecule has 1 aliphatic rings. The van der Waals surface area contributed by atoms with E-state index in [4.69, 9.17) is 4.74 Å². The molecular formula is C14H24N4O2S. The van der Waals surface area contributed by atoms with Gasteiger partial charge in [-0.05, 0) is 6.92 Å². The first-order valence-corrected chi connectivity index (χ1v) is 8.18. The van der Waals surface area contributed by atoms with Crippen LogP contribution in [0.1, 0.15) is 10.7 Å². The second-order valence-electron chi connectivity index (χ2n) is 5.18. The number of nitrogens with one attached hydrogen (secondary N) is 1. The number of rotatable bonds is 7. The van der Waals surface area contributed by atoms with Gasteiger partial charge in [0.05, 0.1) is 23.9 Å². The maximum Gasteiger partial charge on any atom is 0.236 e. The number of hydrogen-bond donors (Lipinski definition) is 1. The van der Waals surface area contributed by atoms with E-state index in [9.17, 15) is 4.79 Å². The molecule has 1 aliphatic heterocycles. The molecule has 6 nitrogen and oxygen atoms in total. The van der Waals surface area contributed by atoms with Gasteiger partial charge in [0, 0.05) is 51.8 Å². The molecule has 0 aliphatic carbocycles. The molecule has 1 N–H and O–H groups in total. The number of thiazole rings is 1. The number of methoxy groups -OCH3 is 1. The molecule has 118 valence electrons. The molecule has 7 heteroatoms. The fourth-order valence-electron chi connectivity index (χ4n) is 2.35. The first-order chi connectivity index (χ1) is 10.2. The summed E-state index contributed by atoms with van der Waals surface area (Å²) >= 11 is 1.69. The third-order valence-electron chi connectivity index (χ3n) is 3.54. The molecule has 21 heavy (non-hydrogen) atoms. The van der Waals surface area contributed by atoms with Gasteiger partial charge in [-0.3, -0.25) is 9.69 Å². The molecule has 0 radical (unpaired) electrons. The molecule has 0 bridgehead atoms. The minimum atomic E-state index is 0.176. The van der Waals surface area contributed by atoms with Crippen LogP contribution in [0.4, 0.5) is 0 Å². The summed E-state index contributed by atoms with van der Waals surface area (Å²) in [7, 11) is 1.66. The quantitative estimate of drug-likeness (QED) is 0.736. The zero-order valence-electron chi connectivity index (χ0n) is 12.8. The Balaban J connectivity index is 1.66. The fraction of sp³-hybridized carbons (Fsp3) is 0.714. The SMILES string of the molecule is COCCNCC(=O)N1CCN(Cc2csc(C)n2)CC1. The lowest BCUT2D eigenvalue weighted by Gasteiger charge is -2.34. The Morgan fingerprint density at radius 2 is 2.19 bits per heavy atom. The number of carbonyl (C=O) groups is 1. The number of nitrogens with zero attached hydrogens (tertiary/aromatic N) is 3. The van der Waals surface area contributed by atoms with Gasteiger partial charge < -0.3 is 15.0 Å². The third-order valence-corrected chi connectivity index (χ3v) is 4.36. The average molecular weight is 312 g/mol. The fourth-order valence-corrected chi connectivity index (χ4v) is 2.95. The van der Waals surface area contributed by atoms with E-state index in [1.807, 2.05) is 11.8 Å². The Morgan fingerprint density at radius 3 is 2.81 bits per heavy atom. The van der Waals surface area contributed by atoms with E-state index in [-0.39, 0.29) is 5.91 Å². The van der Waals surface area contributed by atoms with Gasteiger partial charge in [0.1, 0.15) is 0 Å². The van der Waals surface area contributed by atoms with Crippen molar-refractivity contribution < 1.29 is 9.53 Å². The summed E-state index contributed by atoms with van der Waals surface area (Å²) in [5.74, 6) is 0.176. The number of amides is 1. The number of ether oxygens (including phenoxy) is 1. The number of hydrogen-bond acceptors (Lipinski definition) is 6. The lowest BCUT2D eigenvalue weighted by atomic mass is 10.3. The van der Waals surface area contributed by atoms with Crippen LogP contribution in [0, 0.1) is 6.92 Å². The minimum Gasteiger partial charge on any atom is -0.383 e. The first-order valence-electron chi connectivity index (χ1n) is 7.30. The summed E-state index contributed by atoms with van der Waals surface area (Å²) < 4.78 is 4.94. The van der Waals surface area contributed by atoms with Gasteiger partial charge in [0.25, 0.3) is 0 Å². The highest BCUT2D eigenvalue weighted by Gasteiger charge is 2.21. The zero-order valence-corrected chi connectivity index (χ0v) is 13.6. The lowest BCUT2D eigenvalue weighted by molar-refractivity contribution is -0.132. The summed E-state index contributed by atoms with van der Waals surface area (Å²) in [4.78, 5) is 20.8. The highest BCUT2D eigenvalue weighted by Crippen LogP contribution is 2.12. The second-order valence-corrected chi connectivity index (χ2v) is 6.25. The number of piperazine rings is 1. The van der Waals surface area contributed by atoms with Gasteiger partial charge in [-0.1, -0.05) is 0 Å². The summed E-state index contributed by atoms with van der Waals surface area (Å²) in [6, 6.07) is 0. The Labute approximate surface area is 130 Å². The second kappa shape index (κ2) is 8.43. The summed E-state index contributed by atoms with van der Waals surface area (Å²) in [6.45, 7) is 8.09. The van der Waals surface area contributed by atoms with Crippen molar-refractivity contribution in [2.75, 3.05) is 53.0 Å². The van der Waals surface area contributed by atoms with Crippen molar-refractivity contribution >= 4 is 17.2 Å². The normalized spacial score (nSPS) is 16.4. The molecular weight excluding hydrogens is 288 g/mol. The van der Waals surface area contributed by atoms with Crippen LogP contribution in [-0.4, -0.2) is 73.7 Å². The highest BCUT2D eigenvalue weighted by molar-refractivity contribution is 7.09. The van der Waals surface area contributed by atoms with E-state index in [0.29, 0.717) is 19.7 Å². The van der Waals surface area contributed by atoms with E-state index < -0.39 is 0 Å². The van der Waals surface area contributed by atoms with Crippen LogP contribution < -0.4 is 5.32 Å². The molecule has 1 amide bonds. The monoisotopic (exact) mass is 312 g/mol. The number of aromatic nitrogens is 1. The van der Waals surface area contributed by atoms with Gasteiger partial charge in [-0.2, -0.15) is 0 Å². The van der Waals surface area contributed by atoms with Gasteiger partial charge in [0.2, 0.25) is 5.91 Å². The van der Waals surface area contributed by atoms with Crippen LogP contribution in [-0.2, 0) is 16.1 Å². The molecule has 1 aromatic rings. The van der Waals surface area contributed by atoms with E-state index in [1.165, 1.54) is 0 Å². The summed E-state index contributed by atoms with van der Waals surface area (Å²) in [5, 5.41) is 6.33. The third kappa shape index (κ3) is 5.35. The average Bonchev–Trinajstić information content (AvgIpc) is 2.89. The predicted molar refractivity (Wildman–Crippen MR) is 83.5 cm³/mol. The summed E-state index contributed by atoms with van der Waals surface area (Å²) in [6.07, 6.45) is 0. The van der Waals surface area contributed by atoms with E-state index in [0.717, 1.165) is 43.4 Å². The molecule has 1 aromatic heterocycles. The molecule has 0 spiro atoms. The van der Waals surface area contributed by atoms with Crippen LogP contribution in [0.3, 0.4) is 0 Å². The molecule has 0 atom stereocenters. The summed E-state index contributed by atoms with van der Waals surface area (Å²) in [5.41, 5.74) is 1.14. The lowest BCUT2D eigenvalue weighted by Crippen LogP contribution is -2.50. The van der Waals surface area contributed by atoms with E-state index in [1.54, 1.807) is 18.4 Å². The Morgan fingerprint density at radius 1 is 1.43 bits per heavy atom. The minimum absolute atomic E-state index is 0.176. The van der Waals surface area contributed by atoms with Gasteiger partial charge in [-0.15, -0.1) is 11.3 Å². The van der Waals surface area contributed by atoms with Gasteiger partial charge in [-0.25, -0.2) is 4.98 Å². The maximum absolute atomic E-state index is 12.0. The molecule has 0 unspecified atom stereocenters. The van der Waals surface area contributed by atoms with Gasteiger partial charge in [0.15, 0.2) is 0 Å². The molecule has 2 heterocycles.